The summed E-state index contributed by atoms with van der Waals surface area (Å²) in [6.07, 6.45) is 1.81. The molecule has 6 heteroatoms. The van der Waals surface area contributed by atoms with Crippen molar-refractivity contribution in [1.82, 2.24) is 4.98 Å². The second-order valence-corrected chi connectivity index (χ2v) is 9.01. The first kappa shape index (κ1) is 19.4. The smallest absolute Gasteiger partial charge is 0.256 e. The molecular formula is C23H21N3OS2. The number of aryl methyl sites for hydroxylation is 2. The molecule has 3 heterocycles. The number of benzene rings is 1. The summed E-state index contributed by atoms with van der Waals surface area (Å²) in [6.45, 7) is 4.11. The number of rotatable bonds is 6. The molecule has 0 aliphatic rings. The Morgan fingerprint density at radius 2 is 1.86 bits per heavy atom. The van der Waals surface area contributed by atoms with Gasteiger partial charge in [0.15, 0.2) is 0 Å². The fourth-order valence-electron chi connectivity index (χ4n) is 3.13. The molecule has 146 valence electrons. The van der Waals surface area contributed by atoms with Gasteiger partial charge in [0.2, 0.25) is 0 Å². The number of carbonyl (C=O) groups is 1. The first-order valence-electron chi connectivity index (χ1n) is 9.29. The van der Waals surface area contributed by atoms with Crippen molar-refractivity contribution in [3.8, 4) is 0 Å². The Labute approximate surface area is 178 Å². The average molecular weight is 420 g/mol. The molecule has 29 heavy (non-hydrogen) atoms. The molecule has 0 spiro atoms. The lowest BCUT2D eigenvalue weighted by Gasteiger charge is -2.19. The minimum atomic E-state index is -0.104. The third-order valence-electron chi connectivity index (χ3n) is 4.49. The van der Waals surface area contributed by atoms with Crippen LogP contribution in [0.4, 0.5) is 10.8 Å². The molecule has 0 aliphatic carbocycles. The van der Waals surface area contributed by atoms with Gasteiger partial charge in [-0.05, 0) is 61.2 Å². The van der Waals surface area contributed by atoms with Gasteiger partial charge in [0.1, 0.15) is 10.8 Å². The monoisotopic (exact) mass is 419 g/mol. The molecule has 4 rings (SSSR count). The molecule has 1 aromatic carbocycles. The zero-order chi connectivity index (χ0) is 20.2. The summed E-state index contributed by atoms with van der Waals surface area (Å²) in [5.41, 5.74) is 2.83. The number of aromatic nitrogens is 1. The zero-order valence-electron chi connectivity index (χ0n) is 16.2. The number of thiophene rings is 2. The average Bonchev–Trinajstić information content (AvgIpc) is 3.37. The van der Waals surface area contributed by atoms with Crippen molar-refractivity contribution in [3.05, 3.63) is 98.7 Å². The van der Waals surface area contributed by atoms with Crippen molar-refractivity contribution >= 4 is 39.4 Å². The van der Waals surface area contributed by atoms with Gasteiger partial charge >= 0.3 is 0 Å². The fourth-order valence-corrected chi connectivity index (χ4v) is 4.87. The van der Waals surface area contributed by atoms with E-state index in [4.69, 9.17) is 0 Å². The number of hydrogen-bond donors (Lipinski definition) is 2. The Balaban J connectivity index is 1.69. The van der Waals surface area contributed by atoms with E-state index in [2.05, 4.69) is 40.1 Å². The second-order valence-electron chi connectivity index (χ2n) is 6.77. The maximum atomic E-state index is 12.8. The minimum Gasteiger partial charge on any atom is -0.358 e. The van der Waals surface area contributed by atoms with Crippen molar-refractivity contribution < 1.29 is 4.79 Å². The van der Waals surface area contributed by atoms with Crippen LogP contribution in [0.3, 0.4) is 0 Å². The number of pyridine rings is 1. The highest BCUT2D eigenvalue weighted by Gasteiger charge is 2.23. The fraction of sp³-hybridized carbons (Fsp3) is 0.130. The lowest BCUT2D eigenvalue weighted by Crippen LogP contribution is -2.16. The van der Waals surface area contributed by atoms with Crippen LogP contribution in [0.1, 0.15) is 37.3 Å². The maximum absolute atomic E-state index is 12.8. The lowest BCUT2D eigenvalue weighted by molar-refractivity contribution is 0.102. The number of nitrogens with one attached hydrogen (secondary N) is 2. The summed E-state index contributed by atoms with van der Waals surface area (Å²) < 4.78 is 0. The third-order valence-corrected chi connectivity index (χ3v) is 6.41. The molecule has 0 unspecified atom stereocenters. The maximum Gasteiger partial charge on any atom is 0.256 e. The number of hydrogen-bond acceptors (Lipinski definition) is 5. The number of anilines is 2. The summed E-state index contributed by atoms with van der Waals surface area (Å²) in [5, 5.41) is 9.59. The van der Waals surface area contributed by atoms with Gasteiger partial charge in [-0.25, -0.2) is 4.98 Å². The van der Waals surface area contributed by atoms with Gasteiger partial charge in [-0.3, -0.25) is 4.79 Å². The van der Waals surface area contributed by atoms with E-state index < -0.39 is 0 Å². The van der Waals surface area contributed by atoms with Crippen LogP contribution in [-0.2, 0) is 0 Å². The molecule has 4 nitrogen and oxygen atoms in total. The molecule has 0 fully saturated rings. The molecule has 0 radical (unpaired) electrons. The van der Waals surface area contributed by atoms with Gasteiger partial charge in [-0.2, -0.15) is 0 Å². The number of nitrogens with zero attached hydrogens (tertiary/aromatic N) is 1. The number of amides is 1. The summed E-state index contributed by atoms with van der Waals surface area (Å²) in [4.78, 5) is 19.5. The Hall–Kier alpha value is -2.96. The van der Waals surface area contributed by atoms with Crippen molar-refractivity contribution in [2.24, 2.45) is 0 Å². The van der Waals surface area contributed by atoms with E-state index in [0.717, 1.165) is 26.8 Å². The van der Waals surface area contributed by atoms with Crippen LogP contribution in [0.2, 0.25) is 0 Å². The molecule has 4 aromatic rings. The van der Waals surface area contributed by atoms with E-state index in [1.807, 2.05) is 55.5 Å². The Morgan fingerprint density at radius 3 is 2.59 bits per heavy atom. The lowest BCUT2D eigenvalue weighted by atomic mass is 10.1. The first-order valence-corrected chi connectivity index (χ1v) is 11.0. The van der Waals surface area contributed by atoms with Crippen LogP contribution in [-0.4, -0.2) is 10.9 Å². The quantitative estimate of drug-likeness (QED) is 0.387. The summed E-state index contributed by atoms with van der Waals surface area (Å²) in [6, 6.07) is 19.5. The predicted octanol–water partition coefficient (Wildman–Crippen LogP) is 6.28. The van der Waals surface area contributed by atoms with Crippen LogP contribution in [0, 0.1) is 13.8 Å². The molecule has 0 saturated heterocycles. The van der Waals surface area contributed by atoms with Gasteiger partial charge in [0, 0.05) is 27.1 Å². The highest BCUT2D eigenvalue weighted by atomic mass is 32.1. The highest BCUT2D eigenvalue weighted by molar-refractivity contribution is 7.16. The van der Waals surface area contributed by atoms with Crippen LogP contribution in [0.15, 0.2) is 72.2 Å². The van der Waals surface area contributed by atoms with E-state index in [1.54, 1.807) is 28.9 Å². The topological polar surface area (TPSA) is 54.0 Å². The molecule has 0 aliphatic heterocycles. The standard InChI is InChI=1S/C23H21N3OS2/c1-15-10-11-24-20(13-15)25-21(19-9-6-12-28-19)18-14-16(2)29-23(18)26-22(27)17-7-4-3-5-8-17/h3-14,21H,1-2H3,(H,24,25)(H,26,27)/t21-/m0/s1. The van der Waals surface area contributed by atoms with Gasteiger partial charge in [-0.1, -0.05) is 24.3 Å². The number of carbonyl (C=O) groups excluding carboxylic acids is 1. The van der Waals surface area contributed by atoms with Gasteiger partial charge in [0.25, 0.3) is 5.91 Å². The van der Waals surface area contributed by atoms with Crippen LogP contribution >= 0.6 is 22.7 Å². The minimum absolute atomic E-state index is 0.0969. The van der Waals surface area contributed by atoms with Crippen molar-refractivity contribution in [1.29, 1.82) is 0 Å². The van der Waals surface area contributed by atoms with E-state index in [-0.39, 0.29) is 11.9 Å². The summed E-state index contributed by atoms with van der Waals surface area (Å²) in [7, 11) is 0. The van der Waals surface area contributed by atoms with Crippen LogP contribution in [0.5, 0.6) is 0 Å². The third kappa shape index (κ3) is 4.55. The second kappa shape index (κ2) is 8.59. The highest BCUT2D eigenvalue weighted by Crippen LogP contribution is 2.39. The van der Waals surface area contributed by atoms with E-state index >= 15 is 0 Å². The zero-order valence-corrected chi connectivity index (χ0v) is 17.8. The predicted molar refractivity (Wildman–Crippen MR) is 122 cm³/mol. The first-order chi connectivity index (χ1) is 14.1. The summed E-state index contributed by atoms with van der Waals surface area (Å²) in [5.74, 6) is 0.708. The molecular weight excluding hydrogens is 398 g/mol. The van der Waals surface area contributed by atoms with E-state index in [9.17, 15) is 4.79 Å². The Morgan fingerprint density at radius 1 is 1.03 bits per heavy atom. The van der Waals surface area contributed by atoms with Crippen molar-refractivity contribution in [2.45, 2.75) is 19.9 Å². The van der Waals surface area contributed by atoms with Crippen molar-refractivity contribution in [3.63, 3.8) is 0 Å². The largest absolute Gasteiger partial charge is 0.358 e. The Bertz CT molecular complexity index is 1100. The molecule has 1 atom stereocenters. The SMILES string of the molecule is Cc1ccnc(N[C@H](c2cccs2)c2cc(C)sc2NC(=O)c2ccccc2)c1. The molecule has 3 aromatic heterocycles. The van der Waals surface area contributed by atoms with Crippen LogP contribution < -0.4 is 10.6 Å². The van der Waals surface area contributed by atoms with Crippen molar-refractivity contribution in [2.75, 3.05) is 10.6 Å². The summed E-state index contributed by atoms with van der Waals surface area (Å²) >= 11 is 3.27. The van der Waals surface area contributed by atoms with Gasteiger partial charge in [-0.15, -0.1) is 22.7 Å². The van der Waals surface area contributed by atoms with Gasteiger partial charge < -0.3 is 10.6 Å². The normalized spacial score (nSPS) is 11.8. The van der Waals surface area contributed by atoms with E-state index in [1.165, 1.54) is 4.88 Å². The van der Waals surface area contributed by atoms with Gasteiger partial charge in [0.05, 0.1) is 6.04 Å². The Kier molecular flexibility index (Phi) is 5.74. The molecule has 1 amide bonds. The van der Waals surface area contributed by atoms with E-state index in [0.29, 0.717) is 5.56 Å². The molecule has 2 N–H and O–H groups in total. The van der Waals surface area contributed by atoms with Crippen LogP contribution in [0.25, 0.3) is 0 Å². The molecule has 0 saturated carbocycles. The molecule has 0 bridgehead atoms.